The van der Waals surface area contributed by atoms with Crippen molar-refractivity contribution in [3.63, 3.8) is 0 Å². The molecule has 2 rings (SSSR count). The van der Waals surface area contributed by atoms with Crippen LogP contribution in [0.3, 0.4) is 0 Å². The number of phenols is 1. The number of esters is 1. The van der Waals surface area contributed by atoms with E-state index in [1.165, 1.54) is 19.2 Å². The second-order valence-electron chi connectivity index (χ2n) is 8.26. The molecule has 0 bridgehead atoms. The van der Waals surface area contributed by atoms with Crippen LogP contribution >= 0.6 is 0 Å². The molecule has 2 aromatic rings. The summed E-state index contributed by atoms with van der Waals surface area (Å²) in [5.74, 6) is -0.711. The first-order valence-corrected chi connectivity index (χ1v) is 10.8. The highest BCUT2D eigenvalue weighted by Gasteiger charge is 2.28. The number of para-hydroxylation sites is 1. The second-order valence-corrected chi connectivity index (χ2v) is 8.26. The fraction of sp³-hybridized carbons (Fsp3) is 0.400. The van der Waals surface area contributed by atoms with Crippen LogP contribution < -0.4 is 15.4 Å². The van der Waals surface area contributed by atoms with Crippen LogP contribution in [-0.4, -0.2) is 48.7 Å². The first-order chi connectivity index (χ1) is 15.7. The minimum Gasteiger partial charge on any atom is -0.508 e. The van der Waals surface area contributed by atoms with Crippen molar-refractivity contribution in [2.24, 2.45) is 5.92 Å². The number of aromatic hydroxyl groups is 1. The largest absolute Gasteiger partial charge is 0.508 e. The van der Waals surface area contributed by atoms with Gasteiger partial charge in [0.1, 0.15) is 23.6 Å². The Morgan fingerprint density at radius 2 is 1.64 bits per heavy atom. The van der Waals surface area contributed by atoms with E-state index in [0.717, 1.165) is 11.1 Å². The van der Waals surface area contributed by atoms with E-state index in [9.17, 15) is 19.5 Å². The Hall–Kier alpha value is -3.55. The van der Waals surface area contributed by atoms with Gasteiger partial charge in [0.2, 0.25) is 5.91 Å². The molecule has 3 N–H and O–H groups in total. The molecular weight excluding hydrogens is 424 g/mol. The minimum absolute atomic E-state index is 0.102. The number of nitrogens with one attached hydrogen (secondary N) is 2. The van der Waals surface area contributed by atoms with Crippen LogP contribution in [-0.2, 0) is 25.5 Å². The van der Waals surface area contributed by atoms with Crippen LogP contribution in [0.25, 0.3) is 0 Å². The van der Waals surface area contributed by atoms with E-state index in [-0.39, 0.29) is 24.7 Å². The van der Waals surface area contributed by atoms with Gasteiger partial charge < -0.3 is 25.2 Å². The fourth-order valence-corrected chi connectivity index (χ4v) is 3.28. The number of ether oxygens (including phenoxy) is 2. The lowest BCUT2D eigenvalue weighted by atomic mass is 10.0. The number of carbonyl (C=O) groups excluding carboxylic acids is 3. The Kier molecular flexibility index (Phi) is 9.72. The van der Waals surface area contributed by atoms with Crippen molar-refractivity contribution in [2.45, 2.75) is 45.7 Å². The number of rotatable bonds is 11. The molecule has 0 aliphatic rings. The summed E-state index contributed by atoms with van der Waals surface area (Å²) in [5.41, 5.74) is 1.64. The maximum absolute atomic E-state index is 13.0. The average Bonchev–Trinajstić information content (AvgIpc) is 2.78. The summed E-state index contributed by atoms with van der Waals surface area (Å²) in [6.45, 7) is 5.51. The normalized spacial score (nSPS) is 12.5. The van der Waals surface area contributed by atoms with Crippen LogP contribution in [0.1, 0.15) is 31.4 Å². The standard InChI is InChI=1S/C25H32N2O6/c1-16(2)13-20(26-23(29)15-33-22-8-6-5-7-17(22)3)24(30)27-21(25(31)32-4)14-18-9-11-19(28)12-10-18/h5-12,16,20-21,28H,13-15H2,1-4H3,(H,26,29)(H,27,30)/t20-,21-/m0/s1. The molecule has 2 aromatic carbocycles. The monoisotopic (exact) mass is 456 g/mol. The molecule has 0 spiro atoms. The van der Waals surface area contributed by atoms with Gasteiger partial charge in [0, 0.05) is 6.42 Å². The van der Waals surface area contributed by atoms with E-state index in [4.69, 9.17) is 9.47 Å². The lowest BCUT2D eigenvalue weighted by Crippen LogP contribution is -2.53. The Morgan fingerprint density at radius 3 is 2.24 bits per heavy atom. The molecule has 2 atom stereocenters. The highest BCUT2D eigenvalue weighted by Crippen LogP contribution is 2.16. The van der Waals surface area contributed by atoms with Crippen molar-refractivity contribution in [1.82, 2.24) is 10.6 Å². The minimum atomic E-state index is -0.943. The molecular formula is C25H32N2O6. The summed E-state index contributed by atoms with van der Waals surface area (Å²) in [6, 6.07) is 11.9. The molecule has 0 unspecified atom stereocenters. The highest BCUT2D eigenvalue weighted by molar-refractivity contribution is 5.91. The molecule has 0 radical (unpaired) electrons. The molecule has 33 heavy (non-hydrogen) atoms. The summed E-state index contributed by atoms with van der Waals surface area (Å²) in [7, 11) is 1.24. The Bertz CT molecular complexity index is 942. The zero-order chi connectivity index (χ0) is 24.4. The van der Waals surface area contributed by atoms with E-state index in [1.54, 1.807) is 18.2 Å². The fourth-order valence-electron chi connectivity index (χ4n) is 3.28. The zero-order valence-corrected chi connectivity index (χ0v) is 19.5. The molecule has 8 nitrogen and oxygen atoms in total. The maximum atomic E-state index is 13.0. The molecule has 0 heterocycles. The molecule has 0 aliphatic heterocycles. The summed E-state index contributed by atoms with van der Waals surface area (Å²) in [5, 5.41) is 14.9. The van der Waals surface area contributed by atoms with Gasteiger partial charge in [-0.05, 0) is 48.6 Å². The van der Waals surface area contributed by atoms with Gasteiger partial charge in [-0.15, -0.1) is 0 Å². The average molecular weight is 457 g/mol. The van der Waals surface area contributed by atoms with Crippen molar-refractivity contribution in [2.75, 3.05) is 13.7 Å². The lowest BCUT2D eigenvalue weighted by molar-refractivity contribution is -0.145. The van der Waals surface area contributed by atoms with Gasteiger partial charge >= 0.3 is 5.97 Å². The SMILES string of the molecule is COC(=O)[C@H](Cc1ccc(O)cc1)NC(=O)[C@H](CC(C)C)NC(=O)COc1ccccc1C. The number of hydrogen-bond acceptors (Lipinski definition) is 6. The summed E-state index contributed by atoms with van der Waals surface area (Å²) in [6.07, 6.45) is 0.562. The molecule has 0 aliphatic carbocycles. The van der Waals surface area contributed by atoms with Gasteiger partial charge in [-0.25, -0.2) is 4.79 Å². The van der Waals surface area contributed by atoms with Crippen molar-refractivity contribution >= 4 is 17.8 Å². The third-order valence-corrected chi connectivity index (χ3v) is 4.99. The van der Waals surface area contributed by atoms with E-state index in [0.29, 0.717) is 12.2 Å². The van der Waals surface area contributed by atoms with Crippen molar-refractivity contribution < 1.29 is 29.0 Å². The Morgan fingerprint density at radius 1 is 0.970 bits per heavy atom. The molecule has 8 heteroatoms. The molecule has 0 fully saturated rings. The van der Waals surface area contributed by atoms with Crippen molar-refractivity contribution in [3.05, 3.63) is 59.7 Å². The van der Waals surface area contributed by atoms with E-state index >= 15 is 0 Å². The number of phenolic OH excluding ortho intramolecular Hbond substituents is 1. The number of methoxy groups -OCH3 is 1. The molecule has 0 saturated heterocycles. The van der Waals surface area contributed by atoms with Crippen LogP contribution in [0.2, 0.25) is 0 Å². The molecule has 0 aromatic heterocycles. The van der Waals surface area contributed by atoms with Crippen LogP contribution in [0.15, 0.2) is 48.5 Å². The first kappa shape index (κ1) is 25.7. The van der Waals surface area contributed by atoms with Gasteiger partial charge in [0.05, 0.1) is 7.11 Å². The van der Waals surface area contributed by atoms with Gasteiger partial charge in [0.25, 0.3) is 5.91 Å². The van der Waals surface area contributed by atoms with Gasteiger partial charge in [0.15, 0.2) is 6.61 Å². The quantitative estimate of drug-likeness (QED) is 0.448. The predicted octanol–water partition coefficient (Wildman–Crippen LogP) is 2.51. The third kappa shape index (κ3) is 8.48. The van der Waals surface area contributed by atoms with E-state index < -0.39 is 29.9 Å². The number of hydrogen-bond donors (Lipinski definition) is 3. The lowest BCUT2D eigenvalue weighted by Gasteiger charge is -2.23. The maximum Gasteiger partial charge on any atom is 0.328 e. The number of carbonyl (C=O) groups is 3. The number of amides is 2. The number of aryl methyl sites for hydroxylation is 1. The number of benzene rings is 2. The Balaban J connectivity index is 2.05. The van der Waals surface area contributed by atoms with Crippen molar-refractivity contribution in [1.29, 1.82) is 0 Å². The Labute approximate surface area is 194 Å². The van der Waals surface area contributed by atoms with Crippen molar-refractivity contribution in [3.8, 4) is 11.5 Å². The predicted molar refractivity (Wildman–Crippen MR) is 124 cm³/mol. The third-order valence-electron chi connectivity index (χ3n) is 4.99. The summed E-state index contributed by atoms with van der Waals surface area (Å²) < 4.78 is 10.4. The molecule has 178 valence electrons. The first-order valence-electron chi connectivity index (χ1n) is 10.8. The molecule has 2 amide bonds. The van der Waals surface area contributed by atoms with Gasteiger partial charge in [-0.3, -0.25) is 9.59 Å². The van der Waals surface area contributed by atoms with Crippen LogP contribution in [0, 0.1) is 12.8 Å². The van der Waals surface area contributed by atoms with Gasteiger partial charge in [-0.1, -0.05) is 44.2 Å². The second kappa shape index (κ2) is 12.5. The van der Waals surface area contributed by atoms with E-state index in [2.05, 4.69) is 10.6 Å². The van der Waals surface area contributed by atoms with Gasteiger partial charge in [-0.2, -0.15) is 0 Å². The summed E-state index contributed by atoms with van der Waals surface area (Å²) >= 11 is 0. The molecule has 0 saturated carbocycles. The zero-order valence-electron chi connectivity index (χ0n) is 19.5. The summed E-state index contributed by atoms with van der Waals surface area (Å²) in [4.78, 5) is 37.8. The highest BCUT2D eigenvalue weighted by atomic mass is 16.5. The van der Waals surface area contributed by atoms with Crippen LogP contribution in [0.4, 0.5) is 0 Å². The smallest absolute Gasteiger partial charge is 0.328 e. The van der Waals surface area contributed by atoms with E-state index in [1.807, 2.05) is 39.0 Å². The van der Waals surface area contributed by atoms with Crippen LogP contribution in [0.5, 0.6) is 11.5 Å². The topological polar surface area (TPSA) is 114 Å².